The van der Waals surface area contributed by atoms with Gasteiger partial charge in [-0.25, -0.2) is 12.8 Å². The quantitative estimate of drug-likeness (QED) is 0.868. The first-order valence-electron chi connectivity index (χ1n) is 6.15. The molecule has 20 heavy (non-hydrogen) atoms. The van der Waals surface area contributed by atoms with Crippen molar-refractivity contribution in [2.75, 3.05) is 6.54 Å². The van der Waals surface area contributed by atoms with Gasteiger partial charge in [0.1, 0.15) is 5.82 Å². The van der Waals surface area contributed by atoms with Crippen LogP contribution in [0.25, 0.3) is 0 Å². The fourth-order valence-electron chi connectivity index (χ4n) is 1.87. The average Bonchev–Trinajstić information content (AvgIpc) is 3.03. The molecule has 7 heteroatoms. The van der Waals surface area contributed by atoms with E-state index in [9.17, 15) is 17.6 Å². The van der Waals surface area contributed by atoms with Crippen LogP contribution in [-0.2, 0) is 9.05 Å². The minimum atomic E-state index is -4.01. The number of amides is 1. The van der Waals surface area contributed by atoms with Gasteiger partial charge in [0.25, 0.3) is 15.0 Å². The second kappa shape index (κ2) is 5.00. The van der Waals surface area contributed by atoms with Crippen LogP contribution in [0.1, 0.15) is 35.7 Å². The molecule has 110 valence electrons. The average molecular weight is 320 g/mol. The van der Waals surface area contributed by atoms with E-state index in [0.29, 0.717) is 6.54 Å². The van der Waals surface area contributed by atoms with Crippen molar-refractivity contribution < 1.29 is 17.6 Å². The van der Waals surface area contributed by atoms with E-state index in [-0.39, 0.29) is 21.4 Å². The number of aryl methyl sites for hydroxylation is 1. The minimum absolute atomic E-state index is 0.0816. The molecule has 0 radical (unpaired) electrons. The number of hydrogen-bond acceptors (Lipinski definition) is 3. The lowest BCUT2D eigenvalue weighted by atomic mass is 10.1. The Kier molecular flexibility index (Phi) is 3.81. The Bertz CT molecular complexity index is 668. The van der Waals surface area contributed by atoms with Crippen LogP contribution in [0.4, 0.5) is 4.39 Å². The second-order valence-corrected chi connectivity index (χ2v) is 8.06. The van der Waals surface area contributed by atoms with Gasteiger partial charge in [0, 0.05) is 17.2 Å². The Morgan fingerprint density at radius 1 is 1.45 bits per heavy atom. The highest BCUT2D eigenvalue weighted by Crippen LogP contribution is 2.44. The SMILES string of the molecule is Cc1cc(F)c(C(=O)NCC2(C)CC2)cc1S(=O)(=O)Cl. The van der Waals surface area contributed by atoms with Crippen LogP contribution in [0.5, 0.6) is 0 Å². The van der Waals surface area contributed by atoms with E-state index < -0.39 is 20.8 Å². The van der Waals surface area contributed by atoms with Crippen LogP contribution >= 0.6 is 10.7 Å². The Morgan fingerprint density at radius 3 is 2.55 bits per heavy atom. The van der Waals surface area contributed by atoms with Gasteiger partial charge in [0.05, 0.1) is 10.5 Å². The maximum Gasteiger partial charge on any atom is 0.261 e. The van der Waals surface area contributed by atoms with Crippen LogP contribution in [0.15, 0.2) is 17.0 Å². The molecule has 0 aromatic heterocycles. The van der Waals surface area contributed by atoms with Crippen molar-refractivity contribution in [3.63, 3.8) is 0 Å². The molecular weight excluding hydrogens is 305 g/mol. The molecule has 0 spiro atoms. The third-order valence-electron chi connectivity index (χ3n) is 3.55. The lowest BCUT2D eigenvalue weighted by Crippen LogP contribution is -2.29. The Balaban J connectivity index is 2.28. The van der Waals surface area contributed by atoms with Crippen LogP contribution in [0.2, 0.25) is 0 Å². The number of benzene rings is 1. The van der Waals surface area contributed by atoms with E-state index in [1.165, 1.54) is 6.92 Å². The molecule has 2 rings (SSSR count). The fraction of sp³-hybridized carbons (Fsp3) is 0.462. The number of carbonyl (C=O) groups excluding carboxylic acids is 1. The number of nitrogens with one attached hydrogen (secondary N) is 1. The summed E-state index contributed by atoms with van der Waals surface area (Å²) in [6.07, 6.45) is 2.04. The molecule has 1 aromatic carbocycles. The zero-order chi connectivity index (χ0) is 15.1. The van der Waals surface area contributed by atoms with Crippen LogP contribution in [-0.4, -0.2) is 20.9 Å². The third kappa shape index (κ3) is 3.30. The monoisotopic (exact) mass is 319 g/mol. The minimum Gasteiger partial charge on any atom is -0.351 e. The van der Waals surface area contributed by atoms with E-state index in [0.717, 1.165) is 25.0 Å². The summed E-state index contributed by atoms with van der Waals surface area (Å²) in [7, 11) is 1.26. The molecule has 0 bridgehead atoms. The molecule has 1 aliphatic rings. The maximum absolute atomic E-state index is 13.8. The highest BCUT2D eigenvalue weighted by molar-refractivity contribution is 8.13. The van der Waals surface area contributed by atoms with Gasteiger partial charge >= 0.3 is 0 Å². The second-order valence-electron chi connectivity index (χ2n) is 5.53. The predicted octanol–water partition coefficient (Wildman–Crippen LogP) is 2.59. The Hall–Kier alpha value is -1.14. The summed E-state index contributed by atoms with van der Waals surface area (Å²) < 4.78 is 36.6. The largest absolute Gasteiger partial charge is 0.351 e. The zero-order valence-corrected chi connectivity index (χ0v) is 12.7. The summed E-state index contributed by atoms with van der Waals surface area (Å²) in [5.41, 5.74) is -0.0552. The first-order chi connectivity index (χ1) is 9.12. The van der Waals surface area contributed by atoms with E-state index >= 15 is 0 Å². The zero-order valence-electron chi connectivity index (χ0n) is 11.2. The molecule has 0 unspecified atom stereocenters. The highest BCUT2D eigenvalue weighted by atomic mass is 35.7. The molecule has 0 heterocycles. The summed E-state index contributed by atoms with van der Waals surface area (Å²) in [4.78, 5) is 11.7. The molecule has 1 aromatic rings. The summed E-state index contributed by atoms with van der Waals surface area (Å²) in [5.74, 6) is -1.39. The first-order valence-corrected chi connectivity index (χ1v) is 8.46. The van der Waals surface area contributed by atoms with Crippen LogP contribution in [0, 0.1) is 18.2 Å². The van der Waals surface area contributed by atoms with E-state index in [4.69, 9.17) is 10.7 Å². The highest BCUT2D eigenvalue weighted by Gasteiger charge is 2.37. The molecule has 1 fully saturated rings. The molecule has 1 saturated carbocycles. The van der Waals surface area contributed by atoms with Crippen molar-refractivity contribution in [2.24, 2.45) is 5.41 Å². The lowest BCUT2D eigenvalue weighted by molar-refractivity contribution is 0.0942. The third-order valence-corrected chi connectivity index (χ3v) is 5.02. The van der Waals surface area contributed by atoms with Gasteiger partial charge in [-0.2, -0.15) is 0 Å². The lowest BCUT2D eigenvalue weighted by Gasteiger charge is -2.12. The van der Waals surface area contributed by atoms with Crippen LogP contribution < -0.4 is 5.32 Å². The predicted molar refractivity (Wildman–Crippen MR) is 73.9 cm³/mol. The summed E-state index contributed by atoms with van der Waals surface area (Å²) in [5, 5.41) is 2.62. The number of halogens is 2. The van der Waals surface area contributed by atoms with Crippen molar-refractivity contribution in [3.05, 3.63) is 29.1 Å². The molecule has 1 aliphatic carbocycles. The smallest absolute Gasteiger partial charge is 0.261 e. The van der Waals surface area contributed by atoms with Gasteiger partial charge in [-0.05, 0) is 42.9 Å². The van der Waals surface area contributed by atoms with Gasteiger partial charge in [0.15, 0.2) is 0 Å². The van der Waals surface area contributed by atoms with Crippen molar-refractivity contribution in [3.8, 4) is 0 Å². The van der Waals surface area contributed by atoms with E-state index in [1.54, 1.807) is 0 Å². The van der Waals surface area contributed by atoms with E-state index in [1.807, 2.05) is 6.92 Å². The Morgan fingerprint density at radius 2 is 2.05 bits per heavy atom. The van der Waals surface area contributed by atoms with Crippen molar-refractivity contribution in [1.82, 2.24) is 5.32 Å². The molecule has 0 aliphatic heterocycles. The summed E-state index contributed by atoms with van der Waals surface area (Å²) in [6.45, 7) is 3.89. The first kappa shape index (κ1) is 15.3. The van der Waals surface area contributed by atoms with Crippen LogP contribution in [0.3, 0.4) is 0 Å². The van der Waals surface area contributed by atoms with Crippen molar-refractivity contribution >= 4 is 25.6 Å². The summed E-state index contributed by atoms with van der Waals surface area (Å²) >= 11 is 0. The molecule has 4 nitrogen and oxygen atoms in total. The van der Waals surface area contributed by atoms with Crippen molar-refractivity contribution in [1.29, 1.82) is 0 Å². The summed E-state index contributed by atoms with van der Waals surface area (Å²) in [6, 6.07) is 1.99. The van der Waals surface area contributed by atoms with Gasteiger partial charge in [0.2, 0.25) is 0 Å². The van der Waals surface area contributed by atoms with Gasteiger partial charge in [-0.3, -0.25) is 4.79 Å². The fourth-order valence-corrected chi connectivity index (χ4v) is 3.07. The molecule has 1 amide bonds. The number of carbonyl (C=O) groups is 1. The Labute approximate surface area is 121 Å². The number of hydrogen-bond donors (Lipinski definition) is 1. The maximum atomic E-state index is 13.8. The molecule has 0 atom stereocenters. The van der Waals surface area contributed by atoms with Crippen molar-refractivity contribution in [2.45, 2.75) is 31.6 Å². The topological polar surface area (TPSA) is 63.2 Å². The molecular formula is C13H15ClFNO3S. The van der Waals surface area contributed by atoms with Gasteiger partial charge in [-0.1, -0.05) is 6.92 Å². The van der Waals surface area contributed by atoms with E-state index in [2.05, 4.69) is 5.32 Å². The van der Waals surface area contributed by atoms with Gasteiger partial charge in [-0.15, -0.1) is 0 Å². The van der Waals surface area contributed by atoms with Gasteiger partial charge < -0.3 is 5.32 Å². The molecule has 0 saturated heterocycles. The molecule has 1 N–H and O–H groups in total. The standard InChI is InChI=1S/C13H15ClFNO3S/c1-8-5-10(15)9(6-11(8)20(14,18)19)12(17)16-7-13(2)3-4-13/h5-6H,3-4,7H2,1-2H3,(H,16,17). The number of rotatable bonds is 4. The normalized spacial score (nSPS) is 16.8.